The average Bonchev–Trinajstić information content (AvgIpc) is 3.46. The molecule has 4 rings (SSSR count). The van der Waals surface area contributed by atoms with Crippen LogP contribution in [-0.4, -0.2) is 63.3 Å². The topological polar surface area (TPSA) is 108 Å². The lowest BCUT2D eigenvalue weighted by Gasteiger charge is -2.17. The molecule has 1 aromatic carbocycles. The molecule has 10 heteroatoms. The maximum Gasteiger partial charge on any atom is 0.280 e. The minimum Gasteiger partial charge on any atom is -0.497 e. The van der Waals surface area contributed by atoms with E-state index in [1.54, 1.807) is 55.1 Å². The molecular weight excluding hydrogens is 364 g/mol. The van der Waals surface area contributed by atoms with E-state index in [1.165, 1.54) is 0 Å². The molecule has 1 atom stereocenters. The van der Waals surface area contributed by atoms with Gasteiger partial charge in [-0.1, -0.05) is 10.4 Å². The van der Waals surface area contributed by atoms with Gasteiger partial charge in [-0.15, -0.1) is 5.10 Å². The van der Waals surface area contributed by atoms with Crippen LogP contribution in [0.2, 0.25) is 0 Å². The molecule has 0 radical (unpaired) electrons. The second-order valence-corrected chi connectivity index (χ2v) is 6.53. The van der Waals surface area contributed by atoms with Crippen LogP contribution in [0.1, 0.15) is 28.6 Å². The van der Waals surface area contributed by atoms with E-state index in [-0.39, 0.29) is 11.9 Å². The first-order chi connectivity index (χ1) is 13.6. The van der Waals surface area contributed by atoms with E-state index in [4.69, 9.17) is 14.0 Å². The van der Waals surface area contributed by atoms with Gasteiger partial charge < -0.3 is 18.9 Å². The van der Waals surface area contributed by atoms with Gasteiger partial charge >= 0.3 is 0 Å². The van der Waals surface area contributed by atoms with E-state index in [1.807, 2.05) is 0 Å². The first kappa shape index (κ1) is 18.0. The molecule has 3 heterocycles. The summed E-state index contributed by atoms with van der Waals surface area (Å²) in [6, 6.07) is 5.19. The van der Waals surface area contributed by atoms with Crippen LogP contribution >= 0.6 is 0 Å². The summed E-state index contributed by atoms with van der Waals surface area (Å²) in [5.41, 5.74) is 1.04. The van der Waals surface area contributed by atoms with E-state index in [2.05, 4.69) is 20.5 Å². The molecule has 146 valence electrons. The standard InChI is InChI=1S/C18H20N6O4/c1-11-19-17(28-21-11)16-10-24(22-20-16)13-4-5-23(9-13)18(25)12-6-14(26-2)8-15(7-12)27-3/h6-8,10,13H,4-5,9H2,1-3H3. The first-order valence-corrected chi connectivity index (χ1v) is 8.82. The zero-order valence-corrected chi connectivity index (χ0v) is 15.8. The van der Waals surface area contributed by atoms with Crippen LogP contribution in [0, 0.1) is 6.92 Å². The predicted molar refractivity (Wildman–Crippen MR) is 97.2 cm³/mol. The molecule has 0 spiro atoms. The highest BCUT2D eigenvalue weighted by molar-refractivity contribution is 5.95. The third-order valence-electron chi connectivity index (χ3n) is 4.68. The number of ether oxygens (including phenoxy) is 2. The smallest absolute Gasteiger partial charge is 0.280 e. The molecule has 3 aromatic rings. The zero-order valence-electron chi connectivity index (χ0n) is 15.8. The van der Waals surface area contributed by atoms with Crippen LogP contribution in [0.3, 0.4) is 0 Å². The molecule has 0 N–H and O–H groups in total. The lowest BCUT2D eigenvalue weighted by atomic mass is 10.1. The Morgan fingerprint density at radius 2 is 1.96 bits per heavy atom. The van der Waals surface area contributed by atoms with Gasteiger partial charge in [-0.25, -0.2) is 4.68 Å². The van der Waals surface area contributed by atoms with Crippen LogP contribution in [0.15, 0.2) is 28.9 Å². The molecule has 1 aliphatic rings. The van der Waals surface area contributed by atoms with Crippen molar-refractivity contribution in [2.24, 2.45) is 0 Å². The Bertz CT molecular complexity index is 975. The van der Waals surface area contributed by atoms with Crippen molar-refractivity contribution in [3.63, 3.8) is 0 Å². The molecule has 2 aromatic heterocycles. The Morgan fingerprint density at radius 1 is 1.21 bits per heavy atom. The number of nitrogens with zero attached hydrogens (tertiary/aromatic N) is 6. The van der Waals surface area contributed by atoms with E-state index in [0.717, 1.165) is 6.42 Å². The van der Waals surface area contributed by atoms with Gasteiger partial charge in [0.1, 0.15) is 11.5 Å². The number of carbonyl (C=O) groups excluding carboxylic acids is 1. The third-order valence-corrected chi connectivity index (χ3v) is 4.68. The monoisotopic (exact) mass is 384 g/mol. The quantitative estimate of drug-likeness (QED) is 0.654. The molecule has 0 bridgehead atoms. The third kappa shape index (κ3) is 3.40. The van der Waals surface area contributed by atoms with Crippen molar-refractivity contribution in [2.75, 3.05) is 27.3 Å². The van der Waals surface area contributed by atoms with Crippen molar-refractivity contribution in [3.8, 4) is 23.1 Å². The van der Waals surface area contributed by atoms with Crippen molar-refractivity contribution in [1.82, 2.24) is 30.0 Å². The highest BCUT2D eigenvalue weighted by atomic mass is 16.5. The minimum absolute atomic E-state index is 0.0294. The van der Waals surface area contributed by atoms with E-state index in [9.17, 15) is 4.79 Å². The van der Waals surface area contributed by atoms with Crippen molar-refractivity contribution in [2.45, 2.75) is 19.4 Å². The van der Waals surface area contributed by atoms with Gasteiger partial charge in [0.15, 0.2) is 11.5 Å². The fourth-order valence-electron chi connectivity index (χ4n) is 3.21. The summed E-state index contributed by atoms with van der Waals surface area (Å²) < 4.78 is 17.4. The lowest BCUT2D eigenvalue weighted by molar-refractivity contribution is 0.0786. The van der Waals surface area contributed by atoms with Gasteiger partial charge in [0.05, 0.1) is 26.5 Å². The van der Waals surface area contributed by atoms with Gasteiger partial charge in [-0.2, -0.15) is 4.98 Å². The second kappa shape index (κ2) is 7.29. The minimum atomic E-state index is -0.0763. The number of rotatable bonds is 5. The van der Waals surface area contributed by atoms with Crippen molar-refractivity contribution < 1.29 is 18.8 Å². The summed E-state index contributed by atoms with van der Waals surface area (Å²) in [6.45, 7) is 2.90. The fourth-order valence-corrected chi connectivity index (χ4v) is 3.21. The highest BCUT2D eigenvalue weighted by Crippen LogP contribution is 2.27. The maximum atomic E-state index is 12.9. The molecule has 10 nitrogen and oxygen atoms in total. The molecule has 1 saturated heterocycles. The lowest BCUT2D eigenvalue weighted by Crippen LogP contribution is -2.29. The first-order valence-electron chi connectivity index (χ1n) is 8.82. The number of likely N-dealkylation sites (tertiary alicyclic amines) is 1. The van der Waals surface area contributed by atoms with Crippen LogP contribution in [0.5, 0.6) is 11.5 Å². The number of carbonyl (C=O) groups is 1. The van der Waals surface area contributed by atoms with Gasteiger partial charge in [0, 0.05) is 24.7 Å². The number of methoxy groups -OCH3 is 2. The van der Waals surface area contributed by atoms with Crippen molar-refractivity contribution in [1.29, 1.82) is 0 Å². The summed E-state index contributed by atoms with van der Waals surface area (Å²) in [6.07, 6.45) is 2.54. The van der Waals surface area contributed by atoms with Crippen LogP contribution < -0.4 is 9.47 Å². The number of amides is 1. The maximum absolute atomic E-state index is 12.9. The Morgan fingerprint density at radius 3 is 2.61 bits per heavy atom. The van der Waals surface area contributed by atoms with E-state index in [0.29, 0.717) is 47.6 Å². The summed E-state index contributed by atoms with van der Waals surface area (Å²) in [7, 11) is 3.12. The molecule has 0 saturated carbocycles. The summed E-state index contributed by atoms with van der Waals surface area (Å²) in [5, 5.41) is 12.0. The number of benzene rings is 1. The molecule has 1 fully saturated rings. The molecule has 0 aliphatic carbocycles. The normalized spacial score (nSPS) is 16.4. The summed E-state index contributed by atoms with van der Waals surface area (Å²) in [4.78, 5) is 18.9. The molecular formula is C18H20N6O4. The zero-order chi connectivity index (χ0) is 19.7. The van der Waals surface area contributed by atoms with Crippen LogP contribution in [-0.2, 0) is 0 Å². The second-order valence-electron chi connectivity index (χ2n) is 6.53. The van der Waals surface area contributed by atoms with Crippen molar-refractivity contribution >= 4 is 5.91 Å². The van der Waals surface area contributed by atoms with Crippen LogP contribution in [0.25, 0.3) is 11.6 Å². The van der Waals surface area contributed by atoms with Gasteiger partial charge in [-0.3, -0.25) is 4.79 Å². The molecule has 1 aliphatic heterocycles. The van der Waals surface area contributed by atoms with Gasteiger partial charge in [0.25, 0.3) is 11.8 Å². The number of hydrogen-bond acceptors (Lipinski definition) is 8. The number of aryl methyl sites for hydroxylation is 1. The van der Waals surface area contributed by atoms with E-state index >= 15 is 0 Å². The van der Waals surface area contributed by atoms with E-state index < -0.39 is 0 Å². The van der Waals surface area contributed by atoms with Crippen LogP contribution in [0.4, 0.5) is 0 Å². The largest absolute Gasteiger partial charge is 0.497 e. The van der Waals surface area contributed by atoms with Gasteiger partial charge in [-0.05, 0) is 25.5 Å². The Labute approximate surface area is 161 Å². The Hall–Kier alpha value is -3.43. The number of aromatic nitrogens is 5. The molecule has 1 amide bonds. The van der Waals surface area contributed by atoms with Crippen molar-refractivity contribution in [3.05, 3.63) is 35.8 Å². The molecule has 28 heavy (non-hydrogen) atoms. The highest BCUT2D eigenvalue weighted by Gasteiger charge is 2.30. The molecule has 1 unspecified atom stereocenters. The average molecular weight is 384 g/mol. The van der Waals surface area contributed by atoms with Gasteiger partial charge in [0.2, 0.25) is 0 Å². The predicted octanol–water partition coefficient (Wildman–Crippen LogP) is 1.74. The fraction of sp³-hybridized carbons (Fsp3) is 0.389. The summed E-state index contributed by atoms with van der Waals surface area (Å²) >= 11 is 0. The summed E-state index contributed by atoms with van der Waals surface area (Å²) in [5.74, 6) is 1.95. The Balaban J connectivity index is 1.48. The Kier molecular flexibility index (Phi) is 4.68. The SMILES string of the molecule is COc1cc(OC)cc(C(=O)N2CCC(n3cc(-c4nc(C)no4)nn3)C2)c1. The number of hydrogen-bond donors (Lipinski definition) is 0.